The van der Waals surface area contributed by atoms with Gasteiger partial charge in [-0.05, 0) is 59.3 Å². The molecule has 0 saturated carbocycles. The summed E-state index contributed by atoms with van der Waals surface area (Å²) in [5.74, 6) is 0.296. The highest BCUT2D eigenvalue weighted by Crippen LogP contribution is 2.22. The molecule has 0 atom stereocenters. The normalized spacial score (nSPS) is 11.8. The molecule has 5 nitrogen and oxygen atoms in total. The maximum absolute atomic E-state index is 13.3. The van der Waals surface area contributed by atoms with E-state index in [2.05, 4.69) is 57.5 Å². The van der Waals surface area contributed by atoms with Crippen molar-refractivity contribution in [2.24, 2.45) is 0 Å². The summed E-state index contributed by atoms with van der Waals surface area (Å²) in [5, 5.41) is 14.8. The van der Waals surface area contributed by atoms with Crippen molar-refractivity contribution in [3.05, 3.63) is 34.3 Å². The van der Waals surface area contributed by atoms with Gasteiger partial charge in [-0.25, -0.2) is 4.39 Å². The quantitative estimate of drug-likeness (QED) is 0.940. The van der Waals surface area contributed by atoms with Gasteiger partial charge in [0.05, 0.1) is 12.2 Å². The van der Waals surface area contributed by atoms with Gasteiger partial charge in [0, 0.05) is 16.1 Å². The van der Waals surface area contributed by atoms with Gasteiger partial charge in [0.25, 0.3) is 0 Å². The Morgan fingerprint density at radius 1 is 1.37 bits per heavy atom. The number of benzene rings is 1. The molecule has 1 heterocycles. The third kappa shape index (κ3) is 3.57. The number of nitrogens with one attached hydrogen (secondary N) is 1. The third-order valence-electron chi connectivity index (χ3n) is 2.45. The fourth-order valence-corrected chi connectivity index (χ4v) is 1.91. The van der Waals surface area contributed by atoms with Crippen molar-refractivity contribution in [2.75, 3.05) is 0 Å². The number of rotatable bonds is 3. The monoisotopic (exact) mass is 327 g/mol. The Morgan fingerprint density at radius 3 is 2.79 bits per heavy atom. The summed E-state index contributed by atoms with van der Waals surface area (Å²) in [4.78, 5) is 0. The minimum Gasteiger partial charge on any atom is -0.305 e. The first-order valence-electron chi connectivity index (χ1n) is 5.84. The van der Waals surface area contributed by atoms with Crippen LogP contribution in [0.1, 0.15) is 26.6 Å². The van der Waals surface area contributed by atoms with Crippen LogP contribution < -0.4 is 5.32 Å². The van der Waals surface area contributed by atoms with Gasteiger partial charge in [0.15, 0.2) is 5.82 Å². The highest BCUT2D eigenvalue weighted by molar-refractivity contribution is 9.10. The second-order valence-corrected chi connectivity index (χ2v) is 6.06. The summed E-state index contributed by atoms with van der Waals surface area (Å²) < 4.78 is 15.6. The van der Waals surface area contributed by atoms with Gasteiger partial charge < -0.3 is 5.32 Å². The lowest BCUT2D eigenvalue weighted by Gasteiger charge is -2.20. The molecule has 1 aromatic heterocycles. The van der Waals surface area contributed by atoms with E-state index in [-0.39, 0.29) is 11.4 Å². The van der Waals surface area contributed by atoms with E-state index in [1.165, 1.54) is 16.8 Å². The fraction of sp³-hybridized carbons (Fsp3) is 0.417. The third-order valence-corrected chi connectivity index (χ3v) is 3.12. The first kappa shape index (κ1) is 14.1. The fourth-order valence-electron chi connectivity index (χ4n) is 1.50. The predicted molar refractivity (Wildman–Crippen MR) is 73.4 cm³/mol. The summed E-state index contributed by atoms with van der Waals surface area (Å²) in [6, 6.07) is 4.40. The standard InChI is InChI=1S/C12H15BrFN5/c1-12(2,3)15-7-11-16-17-18-19(11)10-6-8(14)4-5-9(10)13/h4-6,15H,7H2,1-3H3. The molecular formula is C12H15BrFN5. The second kappa shape index (κ2) is 5.34. The average Bonchev–Trinajstić information content (AvgIpc) is 2.77. The lowest BCUT2D eigenvalue weighted by molar-refractivity contribution is 0.415. The zero-order valence-electron chi connectivity index (χ0n) is 11.0. The lowest BCUT2D eigenvalue weighted by Crippen LogP contribution is -2.36. The number of tetrazole rings is 1. The second-order valence-electron chi connectivity index (χ2n) is 5.21. The Hall–Kier alpha value is -1.34. The van der Waals surface area contributed by atoms with Gasteiger partial charge in [0.2, 0.25) is 0 Å². The lowest BCUT2D eigenvalue weighted by atomic mass is 10.1. The van der Waals surface area contributed by atoms with Gasteiger partial charge in [-0.1, -0.05) is 0 Å². The maximum Gasteiger partial charge on any atom is 0.170 e. The highest BCUT2D eigenvalue weighted by atomic mass is 79.9. The van der Waals surface area contributed by atoms with Crippen LogP contribution in [0.5, 0.6) is 0 Å². The molecule has 2 aromatic rings. The smallest absolute Gasteiger partial charge is 0.170 e. The van der Waals surface area contributed by atoms with Crippen LogP contribution in [0, 0.1) is 5.82 Å². The molecule has 0 radical (unpaired) electrons. The van der Waals surface area contributed by atoms with Crippen LogP contribution in [0.3, 0.4) is 0 Å². The molecule has 7 heteroatoms. The van der Waals surface area contributed by atoms with Gasteiger partial charge in [0.1, 0.15) is 5.82 Å². The van der Waals surface area contributed by atoms with Crippen molar-refractivity contribution in [1.29, 1.82) is 0 Å². The molecule has 1 N–H and O–H groups in total. The number of aromatic nitrogens is 4. The van der Waals surface area contributed by atoms with E-state index >= 15 is 0 Å². The van der Waals surface area contributed by atoms with Crippen molar-refractivity contribution in [3.63, 3.8) is 0 Å². The van der Waals surface area contributed by atoms with E-state index in [9.17, 15) is 4.39 Å². The largest absolute Gasteiger partial charge is 0.305 e. The minimum atomic E-state index is -0.330. The number of halogens is 2. The Morgan fingerprint density at radius 2 is 2.11 bits per heavy atom. The number of hydrogen-bond donors (Lipinski definition) is 1. The Balaban J connectivity index is 2.31. The van der Waals surface area contributed by atoms with E-state index < -0.39 is 0 Å². The van der Waals surface area contributed by atoms with Crippen LogP contribution in [-0.2, 0) is 6.54 Å². The highest BCUT2D eigenvalue weighted by Gasteiger charge is 2.15. The Labute approximate surface area is 119 Å². The molecule has 102 valence electrons. The molecule has 0 saturated heterocycles. The summed E-state index contributed by atoms with van der Waals surface area (Å²) in [5.41, 5.74) is 0.534. The van der Waals surface area contributed by atoms with Crippen molar-refractivity contribution in [3.8, 4) is 5.69 Å². The molecule has 2 rings (SSSR count). The van der Waals surface area contributed by atoms with Gasteiger partial charge >= 0.3 is 0 Å². The van der Waals surface area contributed by atoms with Crippen molar-refractivity contribution >= 4 is 15.9 Å². The van der Waals surface area contributed by atoms with Gasteiger partial charge in [-0.3, -0.25) is 0 Å². The molecule has 0 aliphatic rings. The van der Waals surface area contributed by atoms with Crippen molar-refractivity contribution in [1.82, 2.24) is 25.5 Å². The predicted octanol–water partition coefficient (Wildman–Crippen LogP) is 2.45. The first-order valence-corrected chi connectivity index (χ1v) is 6.64. The Kier molecular flexibility index (Phi) is 3.96. The van der Waals surface area contributed by atoms with E-state index in [4.69, 9.17) is 0 Å². The summed E-state index contributed by atoms with van der Waals surface area (Å²) >= 11 is 3.37. The molecule has 0 aliphatic heterocycles. The van der Waals surface area contributed by atoms with E-state index in [0.29, 0.717) is 18.1 Å². The summed E-state index contributed by atoms with van der Waals surface area (Å²) in [6.45, 7) is 6.66. The summed E-state index contributed by atoms with van der Waals surface area (Å²) in [6.07, 6.45) is 0. The molecule has 1 aromatic carbocycles. The molecule has 0 bridgehead atoms. The van der Waals surface area contributed by atoms with Crippen molar-refractivity contribution < 1.29 is 4.39 Å². The Bertz CT molecular complexity index is 576. The molecule has 0 unspecified atom stereocenters. The summed E-state index contributed by atoms with van der Waals surface area (Å²) in [7, 11) is 0. The molecular weight excluding hydrogens is 313 g/mol. The van der Waals surface area contributed by atoms with Gasteiger partial charge in [-0.2, -0.15) is 4.68 Å². The van der Waals surface area contributed by atoms with Crippen LogP contribution in [0.15, 0.2) is 22.7 Å². The molecule has 19 heavy (non-hydrogen) atoms. The van der Waals surface area contributed by atoms with Gasteiger partial charge in [-0.15, -0.1) is 5.10 Å². The van der Waals surface area contributed by atoms with Crippen molar-refractivity contribution in [2.45, 2.75) is 32.9 Å². The molecule has 0 aliphatic carbocycles. The van der Waals surface area contributed by atoms with Crippen LogP contribution in [0.25, 0.3) is 5.69 Å². The minimum absolute atomic E-state index is 0.0457. The first-order chi connectivity index (χ1) is 8.87. The van der Waals surface area contributed by atoms with Crippen LogP contribution in [-0.4, -0.2) is 25.7 Å². The van der Waals surface area contributed by atoms with E-state index in [0.717, 1.165) is 4.47 Å². The average molecular weight is 328 g/mol. The molecule has 0 spiro atoms. The number of nitrogens with zero attached hydrogens (tertiary/aromatic N) is 4. The maximum atomic E-state index is 13.3. The zero-order chi connectivity index (χ0) is 14.0. The SMILES string of the molecule is CC(C)(C)NCc1nnnn1-c1cc(F)ccc1Br. The van der Waals surface area contributed by atoms with Crippen LogP contribution >= 0.6 is 15.9 Å². The topological polar surface area (TPSA) is 55.6 Å². The number of hydrogen-bond acceptors (Lipinski definition) is 4. The molecule has 0 amide bonds. The van der Waals surface area contributed by atoms with Crippen LogP contribution in [0.2, 0.25) is 0 Å². The molecule has 0 fully saturated rings. The van der Waals surface area contributed by atoms with Crippen LogP contribution in [0.4, 0.5) is 4.39 Å². The van der Waals surface area contributed by atoms with E-state index in [1.54, 1.807) is 6.07 Å². The van der Waals surface area contributed by atoms with E-state index in [1.807, 2.05) is 0 Å². The zero-order valence-corrected chi connectivity index (χ0v) is 12.6.